The van der Waals surface area contributed by atoms with Gasteiger partial charge in [0, 0.05) is 44.5 Å². The molecule has 1 aromatic carbocycles. The largest absolute Gasteiger partial charge is 0.352 e. The summed E-state index contributed by atoms with van der Waals surface area (Å²) in [5.41, 5.74) is 2.47. The molecule has 3 aromatic rings. The van der Waals surface area contributed by atoms with Gasteiger partial charge in [-0.25, -0.2) is 17.5 Å². The highest BCUT2D eigenvalue weighted by Gasteiger charge is 2.18. The van der Waals surface area contributed by atoms with Crippen LogP contribution in [0.2, 0.25) is 0 Å². The molecule has 0 aliphatic rings. The van der Waals surface area contributed by atoms with Crippen molar-refractivity contribution in [3.63, 3.8) is 0 Å². The number of hydrogen-bond acceptors (Lipinski definition) is 5. The molecule has 0 fully saturated rings. The Morgan fingerprint density at radius 2 is 1.97 bits per heavy atom. The van der Waals surface area contributed by atoms with Gasteiger partial charge in [0.2, 0.25) is 15.9 Å². The fourth-order valence-corrected chi connectivity index (χ4v) is 3.69. The molecule has 8 nitrogen and oxygen atoms in total. The van der Waals surface area contributed by atoms with Gasteiger partial charge < -0.3 is 5.32 Å². The molecule has 2 heterocycles. The number of carbonyl (C=O) groups excluding carboxylic acids is 1. The first-order chi connectivity index (χ1) is 13.8. The van der Waals surface area contributed by atoms with Crippen molar-refractivity contribution in [2.24, 2.45) is 7.05 Å². The fourth-order valence-electron chi connectivity index (χ4n) is 2.58. The molecule has 0 saturated carbocycles. The van der Waals surface area contributed by atoms with Gasteiger partial charge >= 0.3 is 0 Å². The molecule has 0 atom stereocenters. The van der Waals surface area contributed by atoms with Gasteiger partial charge in [-0.05, 0) is 23.8 Å². The molecule has 152 valence electrons. The van der Waals surface area contributed by atoms with Crippen LogP contribution in [0.1, 0.15) is 12.0 Å². The van der Waals surface area contributed by atoms with E-state index in [1.165, 1.54) is 18.2 Å². The highest BCUT2D eigenvalue weighted by Crippen LogP contribution is 2.15. The van der Waals surface area contributed by atoms with Gasteiger partial charge in [-0.3, -0.25) is 14.5 Å². The van der Waals surface area contributed by atoms with Crippen molar-refractivity contribution in [3.8, 4) is 11.3 Å². The molecule has 1 amide bonds. The van der Waals surface area contributed by atoms with Crippen molar-refractivity contribution in [1.29, 1.82) is 0 Å². The molecule has 0 spiro atoms. The van der Waals surface area contributed by atoms with E-state index in [9.17, 15) is 17.6 Å². The number of nitrogens with one attached hydrogen (secondary N) is 2. The number of carbonyl (C=O) groups is 1. The second kappa shape index (κ2) is 8.93. The van der Waals surface area contributed by atoms with Crippen LogP contribution in [0.4, 0.5) is 4.39 Å². The Morgan fingerprint density at radius 1 is 1.17 bits per heavy atom. The Balaban J connectivity index is 1.46. The van der Waals surface area contributed by atoms with E-state index in [-0.39, 0.29) is 25.4 Å². The van der Waals surface area contributed by atoms with Crippen LogP contribution >= 0.6 is 0 Å². The Bertz CT molecular complexity index is 1100. The third-order valence-electron chi connectivity index (χ3n) is 4.09. The van der Waals surface area contributed by atoms with Crippen molar-refractivity contribution < 1.29 is 17.6 Å². The molecule has 0 unspecified atom stereocenters. The molecule has 2 aromatic heterocycles. The number of aromatic nitrogens is 3. The van der Waals surface area contributed by atoms with E-state index < -0.39 is 20.7 Å². The zero-order valence-corrected chi connectivity index (χ0v) is 16.5. The zero-order chi connectivity index (χ0) is 20.9. The molecule has 2 N–H and O–H groups in total. The predicted molar refractivity (Wildman–Crippen MR) is 104 cm³/mol. The summed E-state index contributed by atoms with van der Waals surface area (Å²) in [5, 5.41) is 6.79. The maximum atomic E-state index is 13.6. The van der Waals surface area contributed by atoms with Crippen LogP contribution in [0, 0.1) is 5.82 Å². The van der Waals surface area contributed by atoms with Crippen LogP contribution in [-0.4, -0.2) is 35.6 Å². The highest BCUT2D eigenvalue weighted by atomic mass is 32.2. The van der Waals surface area contributed by atoms with Crippen LogP contribution in [0.3, 0.4) is 0 Å². The monoisotopic (exact) mass is 417 g/mol. The molecular formula is C19H20FN5O3S. The highest BCUT2D eigenvalue weighted by molar-refractivity contribution is 7.89. The van der Waals surface area contributed by atoms with Gasteiger partial charge in [0.15, 0.2) is 0 Å². The van der Waals surface area contributed by atoms with Gasteiger partial charge in [-0.15, -0.1) is 0 Å². The quantitative estimate of drug-likeness (QED) is 0.579. The standard InChI is InChI=1S/C19H20FN5O3S/c1-25-13-15(12-23-25)17-7-6-14(10-21-17)11-22-19(26)8-9-24-29(27,28)18-5-3-2-4-16(18)20/h2-7,10,12-13,24H,8-9,11H2,1H3,(H,22,26). The van der Waals surface area contributed by atoms with E-state index in [0.717, 1.165) is 22.9 Å². The molecule has 29 heavy (non-hydrogen) atoms. The van der Waals surface area contributed by atoms with Crippen LogP contribution in [0.25, 0.3) is 11.3 Å². The van der Waals surface area contributed by atoms with Gasteiger partial charge in [-0.2, -0.15) is 5.10 Å². The Morgan fingerprint density at radius 3 is 2.62 bits per heavy atom. The normalized spacial score (nSPS) is 11.4. The third kappa shape index (κ3) is 5.46. The topological polar surface area (TPSA) is 106 Å². The first-order valence-corrected chi connectivity index (χ1v) is 10.3. The third-order valence-corrected chi connectivity index (χ3v) is 5.58. The van der Waals surface area contributed by atoms with Crippen molar-refractivity contribution in [2.45, 2.75) is 17.9 Å². The Kier molecular flexibility index (Phi) is 6.35. The van der Waals surface area contributed by atoms with Gasteiger partial charge in [-0.1, -0.05) is 18.2 Å². The summed E-state index contributed by atoms with van der Waals surface area (Å²) in [7, 11) is -2.18. The average Bonchev–Trinajstić information content (AvgIpc) is 3.13. The fraction of sp³-hybridized carbons (Fsp3) is 0.211. The van der Waals surface area contributed by atoms with Gasteiger partial charge in [0.25, 0.3) is 0 Å². The van der Waals surface area contributed by atoms with Crippen molar-refractivity contribution >= 4 is 15.9 Å². The number of aryl methyl sites for hydroxylation is 1. The SMILES string of the molecule is Cn1cc(-c2ccc(CNC(=O)CCNS(=O)(=O)c3ccccc3F)cn2)cn1. The Labute approximate surface area is 167 Å². The number of hydrogen-bond donors (Lipinski definition) is 2. The summed E-state index contributed by atoms with van der Waals surface area (Å²) >= 11 is 0. The lowest BCUT2D eigenvalue weighted by Gasteiger charge is -2.08. The maximum Gasteiger partial charge on any atom is 0.243 e. The summed E-state index contributed by atoms with van der Waals surface area (Å²) in [6, 6.07) is 8.74. The zero-order valence-electron chi connectivity index (χ0n) is 15.7. The molecular weight excluding hydrogens is 397 g/mol. The second-order valence-electron chi connectivity index (χ2n) is 6.31. The maximum absolute atomic E-state index is 13.6. The molecule has 3 rings (SSSR count). The molecule has 0 saturated heterocycles. The summed E-state index contributed by atoms with van der Waals surface area (Å²) in [4.78, 5) is 15.8. The smallest absolute Gasteiger partial charge is 0.243 e. The van der Waals surface area contributed by atoms with Gasteiger partial charge in [0.05, 0.1) is 11.9 Å². The van der Waals surface area contributed by atoms with E-state index >= 15 is 0 Å². The minimum atomic E-state index is -4.00. The summed E-state index contributed by atoms with van der Waals surface area (Å²) in [5.74, 6) is -1.18. The van der Waals surface area contributed by atoms with E-state index in [0.29, 0.717) is 0 Å². The lowest BCUT2D eigenvalue weighted by atomic mass is 10.2. The molecule has 0 radical (unpaired) electrons. The van der Waals surface area contributed by atoms with E-state index in [4.69, 9.17) is 0 Å². The number of rotatable bonds is 8. The van der Waals surface area contributed by atoms with Crippen molar-refractivity contribution in [3.05, 3.63) is 66.4 Å². The lowest BCUT2D eigenvalue weighted by molar-refractivity contribution is -0.121. The Hall–Kier alpha value is -3.11. The first kappa shape index (κ1) is 20.6. The predicted octanol–water partition coefficient (Wildman–Crippen LogP) is 1.61. The summed E-state index contributed by atoms with van der Waals surface area (Å²) in [6.45, 7) is 0.125. The van der Waals surface area contributed by atoms with Crippen LogP contribution in [0.15, 0.2) is 59.9 Å². The number of amides is 1. The summed E-state index contributed by atoms with van der Waals surface area (Å²) in [6.07, 6.45) is 5.15. The van der Waals surface area contributed by atoms with Gasteiger partial charge in [0.1, 0.15) is 10.7 Å². The minimum Gasteiger partial charge on any atom is -0.352 e. The first-order valence-electron chi connectivity index (χ1n) is 8.80. The second-order valence-corrected chi connectivity index (χ2v) is 8.04. The lowest BCUT2D eigenvalue weighted by Crippen LogP contribution is -2.31. The van der Waals surface area contributed by atoms with Crippen molar-refractivity contribution in [2.75, 3.05) is 6.54 Å². The number of benzene rings is 1. The van der Waals surface area contributed by atoms with E-state index in [1.807, 2.05) is 25.4 Å². The number of nitrogens with zero attached hydrogens (tertiary/aromatic N) is 3. The molecule has 0 bridgehead atoms. The number of pyridine rings is 1. The summed E-state index contributed by atoms with van der Waals surface area (Å²) < 4.78 is 41.7. The van der Waals surface area contributed by atoms with Crippen LogP contribution in [-0.2, 0) is 28.4 Å². The average molecular weight is 417 g/mol. The number of sulfonamides is 1. The van der Waals surface area contributed by atoms with E-state index in [1.54, 1.807) is 17.1 Å². The molecule has 0 aliphatic heterocycles. The van der Waals surface area contributed by atoms with Crippen LogP contribution < -0.4 is 10.0 Å². The number of halogens is 1. The minimum absolute atomic E-state index is 0.0745. The van der Waals surface area contributed by atoms with Crippen LogP contribution in [0.5, 0.6) is 0 Å². The molecule has 0 aliphatic carbocycles. The molecule has 10 heteroatoms. The van der Waals surface area contributed by atoms with E-state index in [2.05, 4.69) is 20.1 Å². The van der Waals surface area contributed by atoms with Crippen molar-refractivity contribution in [1.82, 2.24) is 24.8 Å².